The van der Waals surface area contributed by atoms with Gasteiger partial charge in [-0.1, -0.05) is 0 Å². The van der Waals surface area contributed by atoms with E-state index < -0.39 is 17.6 Å². The topological polar surface area (TPSA) is 77.3 Å². The van der Waals surface area contributed by atoms with E-state index in [1.54, 1.807) is 4.90 Å². The molecule has 0 atom stereocenters. The standard InChI is InChI=1S/C18H19F3N4O3/c1-24-15(26)5-4-14(23-24)17(27)25-9-6-12(7-10-25)11-28-16-13(18(19,20)21)3-2-8-22-16/h2-5,8,12H,6-7,9-11H2,1H3. The highest BCUT2D eigenvalue weighted by atomic mass is 19.4. The number of amides is 1. The van der Waals surface area contributed by atoms with Gasteiger partial charge in [0.25, 0.3) is 11.5 Å². The molecule has 2 aromatic heterocycles. The summed E-state index contributed by atoms with van der Waals surface area (Å²) in [4.78, 5) is 29.2. The van der Waals surface area contributed by atoms with Gasteiger partial charge in [0.2, 0.25) is 5.88 Å². The minimum Gasteiger partial charge on any atom is -0.477 e. The van der Waals surface area contributed by atoms with Crippen LogP contribution in [0.2, 0.25) is 0 Å². The highest BCUT2D eigenvalue weighted by molar-refractivity contribution is 5.92. The van der Waals surface area contributed by atoms with Crippen LogP contribution in [-0.2, 0) is 13.2 Å². The van der Waals surface area contributed by atoms with Gasteiger partial charge in [-0.25, -0.2) is 9.67 Å². The van der Waals surface area contributed by atoms with Crippen LogP contribution >= 0.6 is 0 Å². The van der Waals surface area contributed by atoms with Crippen molar-refractivity contribution in [3.8, 4) is 5.88 Å². The van der Waals surface area contributed by atoms with Crippen LogP contribution in [0, 0.1) is 5.92 Å². The number of ether oxygens (including phenoxy) is 1. The molecular weight excluding hydrogens is 377 g/mol. The van der Waals surface area contributed by atoms with Crippen LogP contribution in [0.4, 0.5) is 13.2 Å². The highest BCUT2D eigenvalue weighted by Gasteiger charge is 2.35. The molecule has 1 amide bonds. The molecule has 10 heteroatoms. The van der Waals surface area contributed by atoms with Crippen LogP contribution in [0.25, 0.3) is 0 Å². The fourth-order valence-electron chi connectivity index (χ4n) is 3.00. The van der Waals surface area contributed by atoms with Crippen molar-refractivity contribution < 1.29 is 22.7 Å². The van der Waals surface area contributed by atoms with Crippen molar-refractivity contribution in [2.45, 2.75) is 19.0 Å². The van der Waals surface area contributed by atoms with Gasteiger partial charge >= 0.3 is 6.18 Å². The van der Waals surface area contributed by atoms with E-state index in [-0.39, 0.29) is 29.7 Å². The Bertz CT molecular complexity index is 905. The molecular formula is C18H19F3N4O3. The Balaban J connectivity index is 1.56. The van der Waals surface area contributed by atoms with Gasteiger partial charge < -0.3 is 9.64 Å². The molecule has 7 nitrogen and oxygen atoms in total. The first-order chi connectivity index (χ1) is 13.3. The van der Waals surface area contributed by atoms with Crippen LogP contribution < -0.4 is 10.3 Å². The van der Waals surface area contributed by atoms with Crippen molar-refractivity contribution in [1.29, 1.82) is 0 Å². The molecule has 1 aliphatic heterocycles. The Kier molecular flexibility index (Phi) is 5.66. The number of hydrogen-bond donors (Lipinski definition) is 0. The quantitative estimate of drug-likeness (QED) is 0.791. The number of aromatic nitrogens is 3. The van der Waals surface area contributed by atoms with Gasteiger partial charge in [-0.05, 0) is 37.0 Å². The number of pyridine rings is 1. The highest BCUT2D eigenvalue weighted by Crippen LogP contribution is 2.35. The summed E-state index contributed by atoms with van der Waals surface area (Å²) in [6.45, 7) is 0.970. The molecule has 28 heavy (non-hydrogen) atoms. The van der Waals surface area contributed by atoms with Crippen molar-refractivity contribution in [2.24, 2.45) is 13.0 Å². The lowest BCUT2D eigenvalue weighted by molar-refractivity contribution is -0.139. The molecule has 1 saturated heterocycles. The SMILES string of the molecule is Cn1nc(C(=O)N2CCC(COc3ncccc3C(F)(F)F)CC2)ccc1=O. The zero-order valence-corrected chi connectivity index (χ0v) is 15.1. The summed E-state index contributed by atoms with van der Waals surface area (Å²) < 4.78 is 45.4. The normalized spacial score (nSPS) is 15.5. The molecule has 0 unspecified atom stereocenters. The summed E-state index contributed by atoms with van der Waals surface area (Å²) in [6, 6.07) is 4.82. The lowest BCUT2D eigenvalue weighted by atomic mass is 9.97. The Labute approximate surface area is 158 Å². The number of piperidine rings is 1. The Morgan fingerprint density at radius 2 is 1.96 bits per heavy atom. The summed E-state index contributed by atoms with van der Waals surface area (Å²) in [6.07, 6.45) is -2.09. The maximum absolute atomic E-state index is 13.0. The molecule has 0 bridgehead atoms. The molecule has 0 aliphatic carbocycles. The summed E-state index contributed by atoms with van der Waals surface area (Å²) in [5.41, 5.74) is -1.02. The van der Waals surface area contributed by atoms with Crippen molar-refractivity contribution >= 4 is 5.91 Å². The molecule has 0 aromatic carbocycles. The molecule has 0 radical (unpaired) electrons. The Hall–Kier alpha value is -2.91. The predicted octanol–water partition coefficient (Wildman–Crippen LogP) is 2.13. The van der Waals surface area contributed by atoms with E-state index in [0.29, 0.717) is 25.9 Å². The third-order valence-electron chi connectivity index (χ3n) is 4.61. The Morgan fingerprint density at radius 3 is 2.61 bits per heavy atom. The first-order valence-corrected chi connectivity index (χ1v) is 8.74. The third kappa shape index (κ3) is 4.49. The number of halogens is 3. The monoisotopic (exact) mass is 396 g/mol. The van der Waals surface area contributed by atoms with Gasteiger partial charge in [0, 0.05) is 32.4 Å². The lowest BCUT2D eigenvalue weighted by Gasteiger charge is -2.31. The van der Waals surface area contributed by atoms with Gasteiger partial charge in [-0.2, -0.15) is 18.3 Å². The number of carbonyl (C=O) groups is 1. The van der Waals surface area contributed by atoms with Crippen LogP contribution in [0.5, 0.6) is 5.88 Å². The van der Waals surface area contributed by atoms with Crippen LogP contribution in [0.1, 0.15) is 28.9 Å². The molecule has 0 saturated carbocycles. The summed E-state index contributed by atoms with van der Waals surface area (Å²) >= 11 is 0. The number of carbonyl (C=O) groups excluding carboxylic acids is 1. The van der Waals surface area contributed by atoms with E-state index in [4.69, 9.17) is 4.74 Å². The average molecular weight is 396 g/mol. The summed E-state index contributed by atoms with van der Waals surface area (Å²) in [5, 5.41) is 3.95. The van der Waals surface area contributed by atoms with Gasteiger partial charge in [0.15, 0.2) is 0 Å². The molecule has 2 aromatic rings. The second-order valence-electron chi connectivity index (χ2n) is 6.58. The Morgan fingerprint density at radius 1 is 1.25 bits per heavy atom. The number of nitrogens with zero attached hydrogens (tertiary/aromatic N) is 4. The predicted molar refractivity (Wildman–Crippen MR) is 92.8 cm³/mol. The average Bonchev–Trinajstić information content (AvgIpc) is 2.68. The van der Waals surface area contributed by atoms with Crippen LogP contribution in [-0.4, -0.2) is 45.3 Å². The van der Waals surface area contributed by atoms with E-state index in [1.807, 2.05) is 0 Å². The zero-order chi connectivity index (χ0) is 20.3. The molecule has 0 spiro atoms. The summed E-state index contributed by atoms with van der Waals surface area (Å²) in [7, 11) is 1.47. The van der Waals surface area contributed by atoms with Gasteiger partial charge in [-0.15, -0.1) is 0 Å². The first-order valence-electron chi connectivity index (χ1n) is 8.74. The van der Waals surface area contributed by atoms with Crippen molar-refractivity contribution in [3.63, 3.8) is 0 Å². The zero-order valence-electron chi connectivity index (χ0n) is 15.1. The van der Waals surface area contributed by atoms with E-state index >= 15 is 0 Å². The molecule has 1 aliphatic rings. The molecule has 3 rings (SSSR count). The summed E-state index contributed by atoms with van der Waals surface area (Å²) in [5.74, 6) is -0.692. The molecule has 3 heterocycles. The van der Waals surface area contributed by atoms with Gasteiger partial charge in [-0.3, -0.25) is 9.59 Å². The minimum atomic E-state index is -4.53. The molecule has 150 valence electrons. The number of aryl methyl sites for hydroxylation is 1. The van der Waals surface area contributed by atoms with Gasteiger partial charge in [0.05, 0.1) is 6.61 Å². The van der Waals surface area contributed by atoms with E-state index in [9.17, 15) is 22.8 Å². The van der Waals surface area contributed by atoms with Crippen LogP contribution in [0.3, 0.4) is 0 Å². The number of likely N-dealkylation sites (tertiary alicyclic amines) is 1. The van der Waals surface area contributed by atoms with E-state index in [0.717, 1.165) is 10.7 Å². The lowest BCUT2D eigenvalue weighted by Crippen LogP contribution is -2.40. The van der Waals surface area contributed by atoms with Crippen molar-refractivity contribution in [3.05, 3.63) is 52.1 Å². The number of alkyl halides is 3. The van der Waals surface area contributed by atoms with Gasteiger partial charge in [0.1, 0.15) is 11.3 Å². The number of rotatable bonds is 4. The third-order valence-corrected chi connectivity index (χ3v) is 4.61. The minimum absolute atomic E-state index is 0.0141. The maximum atomic E-state index is 13.0. The largest absolute Gasteiger partial charge is 0.477 e. The first kappa shape index (κ1) is 19.8. The molecule has 0 N–H and O–H groups in total. The van der Waals surface area contributed by atoms with E-state index in [2.05, 4.69) is 10.1 Å². The fraction of sp³-hybridized carbons (Fsp3) is 0.444. The van der Waals surface area contributed by atoms with Crippen molar-refractivity contribution in [2.75, 3.05) is 19.7 Å². The fourth-order valence-corrected chi connectivity index (χ4v) is 3.00. The second kappa shape index (κ2) is 7.99. The van der Waals surface area contributed by atoms with Crippen LogP contribution in [0.15, 0.2) is 35.3 Å². The second-order valence-corrected chi connectivity index (χ2v) is 6.58. The van der Waals surface area contributed by atoms with Crippen molar-refractivity contribution in [1.82, 2.24) is 19.7 Å². The number of hydrogen-bond acceptors (Lipinski definition) is 5. The molecule has 1 fully saturated rings. The smallest absolute Gasteiger partial charge is 0.421 e. The van der Waals surface area contributed by atoms with E-state index in [1.165, 1.54) is 31.4 Å². The maximum Gasteiger partial charge on any atom is 0.421 e.